The van der Waals surface area contributed by atoms with Gasteiger partial charge in [0, 0.05) is 33.3 Å². The number of piperidine rings is 1. The molecule has 9 heteroatoms. The lowest BCUT2D eigenvalue weighted by Crippen LogP contribution is -2.45. The van der Waals surface area contributed by atoms with E-state index in [1.54, 1.807) is 17.4 Å². The Labute approximate surface area is 145 Å². The van der Waals surface area contributed by atoms with Gasteiger partial charge in [0.2, 0.25) is 0 Å². The highest BCUT2D eigenvalue weighted by atomic mass is 32.2. The van der Waals surface area contributed by atoms with Crippen molar-refractivity contribution in [1.82, 2.24) is 18.4 Å². The molecule has 0 aromatic carbocycles. The minimum Gasteiger partial charge on any atom is -0.268 e. The van der Waals surface area contributed by atoms with E-state index in [0.717, 1.165) is 10.6 Å². The highest BCUT2D eigenvalue weighted by molar-refractivity contribution is 7.86. The molecular formula is C15H20N4O3S2. The molecule has 1 aliphatic rings. The van der Waals surface area contributed by atoms with Gasteiger partial charge in [0.1, 0.15) is 5.69 Å². The number of thiophene rings is 1. The maximum Gasteiger partial charge on any atom is 0.281 e. The fourth-order valence-corrected chi connectivity index (χ4v) is 4.62. The number of hydrogen-bond acceptors (Lipinski definition) is 5. The zero-order valence-electron chi connectivity index (χ0n) is 13.6. The summed E-state index contributed by atoms with van der Waals surface area (Å²) in [6.07, 6.45) is 1.15. The third-order valence-electron chi connectivity index (χ3n) is 4.16. The Morgan fingerprint density at radius 1 is 1.21 bits per heavy atom. The Morgan fingerprint density at radius 3 is 2.50 bits per heavy atom. The lowest BCUT2D eigenvalue weighted by Gasteiger charge is -2.32. The van der Waals surface area contributed by atoms with Crippen molar-refractivity contribution in [3.63, 3.8) is 0 Å². The quantitative estimate of drug-likeness (QED) is 0.818. The summed E-state index contributed by atoms with van der Waals surface area (Å²) in [7, 11) is -0.347. The Bertz CT molecular complexity index is 851. The Balaban J connectivity index is 1.80. The van der Waals surface area contributed by atoms with Gasteiger partial charge in [-0.2, -0.15) is 22.1 Å². The van der Waals surface area contributed by atoms with Crippen molar-refractivity contribution >= 4 is 21.5 Å². The second-order valence-corrected chi connectivity index (χ2v) is 8.99. The van der Waals surface area contributed by atoms with Crippen molar-refractivity contribution in [1.29, 1.82) is 0 Å². The molecule has 7 nitrogen and oxygen atoms in total. The molecule has 3 heterocycles. The molecule has 0 bridgehead atoms. The molecular weight excluding hydrogens is 348 g/mol. The van der Waals surface area contributed by atoms with Crippen LogP contribution in [0.4, 0.5) is 0 Å². The van der Waals surface area contributed by atoms with Crippen LogP contribution < -0.4 is 5.56 Å². The van der Waals surface area contributed by atoms with Crippen LogP contribution in [0.15, 0.2) is 34.4 Å². The van der Waals surface area contributed by atoms with Crippen molar-refractivity contribution in [3.05, 3.63) is 40.0 Å². The van der Waals surface area contributed by atoms with Gasteiger partial charge in [-0.25, -0.2) is 4.68 Å². The van der Waals surface area contributed by atoms with E-state index in [-0.39, 0.29) is 11.6 Å². The topological polar surface area (TPSA) is 75.5 Å². The monoisotopic (exact) mass is 368 g/mol. The van der Waals surface area contributed by atoms with Gasteiger partial charge < -0.3 is 0 Å². The summed E-state index contributed by atoms with van der Waals surface area (Å²) in [4.78, 5) is 13.2. The Morgan fingerprint density at radius 2 is 1.92 bits per heavy atom. The third kappa shape index (κ3) is 3.30. The first-order valence-corrected chi connectivity index (χ1v) is 9.98. The largest absolute Gasteiger partial charge is 0.281 e. The molecule has 130 valence electrons. The summed E-state index contributed by atoms with van der Waals surface area (Å²) >= 11 is 1.57. The van der Waals surface area contributed by atoms with E-state index < -0.39 is 10.2 Å². The van der Waals surface area contributed by atoms with Crippen LogP contribution in [0.1, 0.15) is 18.9 Å². The number of hydrogen-bond donors (Lipinski definition) is 0. The molecule has 24 heavy (non-hydrogen) atoms. The molecule has 1 fully saturated rings. The van der Waals surface area contributed by atoms with Gasteiger partial charge in [-0.15, -0.1) is 11.3 Å². The molecule has 0 amide bonds. The van der Waals surface area contributed by atoms with E-state index in [1.807, 2.05) is 17.5 Å². The van der Waals surface area contributed by atoms with Gasteiger partial charge in [-0.1, -0.05) is 6.07 Å². The Hall–Kier alpha value is -1.55. The molecule has 3 rings (SSSR count). The zero-order valence-corrected chi connectivity index (χ0v) is 15.3. The van der Waals surface area contributed by atoms with Crippen LogP contribution in [0.2, 0.25) is 0 Å². The summed E-state index contributed by atoms with van der Waals surface area (Å²) in [6, 6.07) is 7.10. The van der Waals surface area contributed by atoms with Crippen LogP contribution in [-0.2, 0) is 10.2 Å². The highest BCUT2D eigenvalue weighted by Gasteiger charge is 2.30. The molecule has 0 atom stereocenters. The summed E-state index contributed by atoms with van der Waals surface area (Å²) in [5, 5.41) is 6.47. The van der Waals surface area contributed by atoms with Crippen molar-refractivity contribution < 1.29 is 8.42 Å². The fourth-order valence-electron chi connectivity index (χ4n) is 2.79. The first-order chi connectivity index (χ1) is 11.4. The van der Waals surface area contributed by atoms with Crippen LogP contribution in [-0.4, -0.2) is 54.0 Å². The lowest BCUT2D eigenvalue weighted by atomic mass is 10.1. The van der Waals surface area contributed by atoms with Crippen molar-refractivity contribution in [2.24, 2.45) is 0 Å². The number of nitrogens with zero attached hydrogens (tertiary/aromatic N) is 4. The molecule has 0 radical (unpaired) electrons. The smallest absolute Gasteiger partial charge is 0.268 e. The average molecular weight is 368 g/mol. The first kappa shape index (κ1) is 17.3. The molecule has 0 aliphatic carbocycles. The van der Waals surface area contributed by atoms with Gasteiger partial charge >= 0.3 is 0 Å². The van der Waals surface area contributed by atoms with Crippen molar-refractivity contribution in [2.45, 2.75) is 18.9 Å². The van der Waals surface area contributed by atoms with Crippen LogP contribution in [0, 0.1) is 0 Å². The van der Waals surface area contributed by atoms with E-state index in [0.29, 0.717) is 25.9 Å². The second kappa shape index (κ2) is 6.75. The summed E-state index contributed by atoms with van der Waals surface area (Å²) < 4.78 is 28.5. The van der Waals surface area contributed by atoms with E-state index in [1.165, 1.54) is 33.5 Å². The lowest BCUT2D eigenvalue weighted by molar-refractivity contribution is 0.247. The zero-order chi connectivity index (χ0) is 17.3. The van der Waals surface area contributed by atoms with E-state index in [2.05, 4.69) is 5.10 Å². The normalized spacial score (nSPS) is 17.5. The van der Waals surface area contributed by atoms with Gasteiger partial charge in [-0.3, -0.25) is 4.79 Å². The maximum atomic E-state index is 12.2. The molecule has 2 aromatic heterocycles. The van der Waals surface area contributed by atoms with Crippen LogP contribution in [0.5, 0.6) is 0 Å². The minimum atomic E-state index is -3.40. The van der Waals surface area contributed by atoms with Crippen molar-refractivity contribution in [2.75, 3.05) is 27.2 Å². The number of rotatable bonds is 4. The highest BCUT2D eigenvalue weighted by Crippen LogP contribution is 2.25. The summed E-state index contributed by atoms with van der Waals surface area (Å²) in [6.45, 7) is 0.783. The van der Waals surface area contributed by atoms with Gasteiger partial charge in [0.25, 0.3) is 15.8 Å². The summed E-state index contributed by atoms with van der Waals surface area (Å²) in [5.74, 6) is 0. The summed E-state index contributed by atoms with van der Waals surface area (Å²) in [5.41, 5.74) is 0.622. The predicted octanol–water partition coefficient (Wildman–Crippen LogP) is 1.42. The SMILES string of the molecule is CN(C)S(=O)(=O)N1CCC(n2nc(-c3cccs3)ccc2=O)CC1. The average Bonchev–Trinajstić information content (AvgIpc) is 3.10. The van der Waals surface area contributed by atoms with Crippen molar-refractivity contribution in [3.8, 4) is 10.6 Å². The fraction of sp³-hybridized carbons (Fsp3) is 0.467. The van der Waals surface area contributed by atoms with Gasteiger partial charge in [0.15, 0.2) is 0 Å². The molecule has 0 N–H and O–H groups in total. The van der Waals surface area contributed by atoms with Crippen LogP contribution in [0.3, 0.4) is 0 Å². The third-order valence-corrected chi connectivity index (χ3v) is 6.99. The standard InChI is InChI=1S/C15H20N4O3S2/c1-17(2)24(21,22)18-9-7-12(8-10-18)19-15(20)6-5-13(16-19)14-4-3-11-23-14/h3-6,11-12H,7-10H2,1-2H3. The Kier molecular flexibility index (Phi) is 4.86. The van der Waals surface area contributed by atoms with E-state index in [4.69, 9.17) is 0 Å². The number of aromatic nitrogens is 2. The van der Waals surface area contributed by atoms with E-state index in [9.17, 15) is 13.2 Å². The minimum absolute atomic E-state index is 0.0778. The van der Waals surface area contributed by atoms with Crippen LogP contribution in [0.25, 0.3) is 10.6 Å². The first-order valence-electron chi connectivity index (χ1n) is 7.71. The van der Waals surface area contributed by atoms with Crippen LogP contribution >= 0.6 is 11.3 Å². The predicted molar refractivity (Wildman–Crippen MR) is 94.3 cm³/mol. The van der Waals surface area contributed by atoms with Gasteiger partial charge in [0.05, 0.1) is 10.9 Å². The molecule has 0 saturated carbocycles. The molecule has 1 aliphatic heterocycles. The molecule has 1 saturated heterocycles. The van der Waals surface area contributed by atoms with Gasteiger partial charge in [-0.05, 0) is 30.4 Å². The molecule has 0 spiro atoms. The molecule has 0 unspecified atom stereocenters. The maximum absolute atomic E-state index is 12.2. The molecule has 2 aromatic rings. The van der Waals surface area contributed by atoms with E-state index >= 15 is 0 Å². The second-order valence-electron chi connectivity index (χ2n) is 5.90.